The summed E-state index contributed by atoms with van der Waals surface area (Å²) in [6, 6.07) is 8.78. The molecule has 102 valence electrons. The fourth-order valence-corrected chi connectivity index (χ4v) is 2.37. The summed E-state index contributed by atoms with van der Waals surface area (Å²) < 4.78 is 0. The van der Waals surface area contributed by atoms with Crippen molar-refractivity contribution in [1.29, 1.82) is 5.26 Å². The van der Waals surface area contributed by atoms with Crippen LogP contribution in [-0.2, 0) is 0 Å². The maximum absolute atomic E-state index is 8.78. The number of nitrogen functional groups attached to an aromatic ring is 1. The quantitative estimate of drug-likeness (QED) is 0.898. The molecule has 4 nitrogen and oxygen atoms in total. The molecule has 1 heterocycles. The highest BCUT2D eigenvalue weighted by atomic mass is 35.5. The second kappa shape index (κ2) is 6.00. The molecule has 2 aromatic rings. The molecule has 0 saturated carbocycles. The van der Waals surface area contributed by atoms with E-state index in [9.17, 15) is 0 Å². The van der Waals surface area contributed by atoms with E-state index in [1.807, 2.05) is 19.1 Å². The number of nitriles is 1. The van der Waals surface area contributed by atoms with Gasteiger partial charge >= 0.3 is 0 Å². The van der Waals surface area contributed by atoms with Gasteiger partial charge in [0.05, 0.1) is 17.3 Å². The first-order chi connectivity index (χ1) is 9.51. The van der Waals surface area contributed by atoms with Gasteiger partial charge in [-0.3, -0.25) is 0 Å². The predicted octanol–water partition coefficient (Wildman–Crippen LogP) is 4.02. The molecule has 0 saturated heterocycles. The number of rotatable bonds is 3. The van der Waals surface area contributed by atoms with E-state index in [2.05, 4.69) is 10.3 Å². The minimum atomic E-state index is -0.0949. The molecule has 2 rings (SSSR count). The molecule has 1 unspecified atom stereocenters. The lowest BCUT2D eigenvalue weighted by atomic mass is 10.1. The Morgan fingerprint density at radius 2 is 2.10 bits per heavy atom. The molecule has 1 aromatic heterocycles. The van der Waals surface area contributed by atoms with Gasteiger partial charge in [-0.1, -0.05) is 29.3 Å². The van der Waals surface area contributed by atoms with Gasteiger partial charge < -0.3 is 11.1 Å². The van der Waals surface area contributed by atoms with Crippen molar-refractivity contribution in [2.24, 2.45) is 0 Å². The SMILES string of the molecule is CC(Nc1ncc(C#N)cc1N)c1ccc(Cl)cc1Cl. The molecule has 0 fully saturated rings. The van der Waals surface area contributed by atoms with Crippen molar-refractivity contribution in [3.05, 3.63) is 51.6 Å². The van der Waals surface area contributed by atoms with E-state index in [-0.39, 0.29) is 6.04 Å². The summed E-state index contributed by atoms with van der Waals surface area (Å²) in [7, 11) is 0. The summed E-state index contributed by atoms with van der Waals surface area (Å²) in [6.07, 6.45) is 1.47. The van der Waals surface area contributed by atoms with Crippen molar-refractivity contribution in [2.75, 3.05) is 11.1 Å². The van der Waals surface area contributed by atoms with Crippen molar-refractivity contribution in [3.8, 4) is 6.07 Å². The van der Waals surface area contributed by atoms with Crippen LogP contribution in [0, 0.1) is 11.3 Å². The summed E-state index contributed by atoms with van der Waals surface area (Å²) in [5, 5.41) is 13.1. The highest BCUT2D eigenvalue weighted by Crippen LogP contribution is 2.29. The predicted molar refractivity (Wildman–Crippen MR) is 81.9 cm³/mol. The van der Waals surface area contributed by atoms with Gasteiger partial charge in [-0.2, -0.15) is 5.26 Å². The Balaban J connectivity index is 2.23. The molecule has 0 bridgehead atoms. The number of nitrogens with zero attached hydrogens (tertiary/aromatic N) is 2. The summed E-state index contributed by atoms with van der Waals surface area (Å²) in [5.74, 6) is 0.516. The van der Waals surface area contributed by atoms with Crippen LogP contribution in [0.1, 0.15) is 24.1 Å². The maximum Gasteiger partial charge on any atom is 0.149 e. The number of anilines is 2. The van der Waals surface area contributed by atoms with E-state index in [1.54, 1.807) is 18.2 Å². The zero-order valence-electron chi connectivity index (χ0n) is 10.7. The Bertz CT molecular complexity index is 679. The monoisotopic (exact) mass is 306 g/mol. The zero-order chi connectivity index (χ0) is 14.7. The molecule has 0 aliphatic rings. The maximum atomic E-state index is 8.78. The molecule has 0 amide bonds. The highest BCUT2D eigenvalue weighted by Gasteiger charge is 2.12. The fraction of sp³-hybridized carbons (Fsp3) is 0.143. The molecule has 3 N–H and O–H groups in total. The fourth-order valence-electron chi connectivity index (χ4n) is 1.80. The van der Waals surface area contributed by atoms with E-state index in [4.69, 9.17) is 34.2 Å². The average molecular weight is 307 g/mol. The third kappa shape index (κ3) is 3.13. The molecule has 0 aliphatic carbocycles. The third-order valence-corrected chi connectivity index (χ3v) is 3.39. The van der Waals surface area contributed by atoms with Crippen molar-refractivity contribution < 1.29 is 0 Å². The lowest BCUT2D eigenvalue weighted by Gasteiger charge is -2.17. The molecule has 0 spiro atoms. The van der Waals surface area contributed by atoms with E-state index in [0.29, 0.717) is 27.1 Å². The van der Waals surface area contributed by atoms with Crippen molar-refractivity contribution >= 4 is 34.7 Å². The van der Waals surface area contributed by atoms with Gasteiger partial charge in [0.1, 0.15) is 11.9 Å². The molecule has 1 atom stereocenters. The number of halogens is 2. The van der Waals surface area contributed by atoms with Crippen LogP contribution in [0.5, 0.6) is 0 Å². The number of pyridine rings is 1. The first-order valence-electron chi connectivity index (χ1n) is 5.88. The third-order valence-electron chi connectivity index (χ3n) is 2.83. The van der Waals surface area contributed by atoms with E-state index in [1.165, 1.54) is 6.20 Å². The molecule has 0 radical (unpaired) electrons. The highest BCUT2D eigenvalue weighted by molar-refractivity contribution is 6.35. The Morgan fingerprint density at radius 3 is 2.70 bits per heavy atom. The van der Waals surface area contributed by atoms with Crippen LogP contribution >= 0.6 is 23.2 Å². The van der Waals surface area contributed by atoms with Crippen LogP contribution in [0.25, 0.3) is 0 Å². The Kier molecular flexibility index (Phi) is 4.33. The number of hydrogen-bond donors (Lipinski definition) is 2. The topological polar surface area (TPSA) is 74.7 Å². The number of hydrogen-bond acceptors (Lipinski definition) is 4. The van der Waals surface area contributed by atoms with Crippen molar-refractivity contribution in [2.45, 2.75) is 13.0 Å². The van der Waals surface area contributed by atoms with Gasteiger partial charge in [0.2, 0.25) is 0 Å². The molecule has 6 heteroatoms. The number of aromatic nitrogens is 1. The van der Waals surface area contributed by atoms with Crippen LogP contribution in [0.4, 0.5) is 11.5 Å². The van der Waals surface area contributed by atoms with Gasteiger partial charge in [-0.05, 0) is 30.7 Å². The number of benzene rings is 1. The van der Waals surface area contributed by atoms with Crippen LogP contribution in [0.3, 0.4) is 0 Å². The molecule has 20 heavy (non-hydrogen) atoms. The summed E-state index contributed by atoms with van der Waals surface area (Å²) in [6.45, 7) is 1.94. The molecule has 0 aliphatic heterocycles. The van der Waals surface area contributed by atoms with Gasteiger partial charge in [0, 0.05) is 16.2 Å². The largest absolute Gasteiger partial charge is 0.396 e. The van der Waals surface area contributed by atoms with E-state index in [0.717, 1.165) is 5.56 Å². The smallest absolute Gasteiger partial charge is 0.149 e. The van der Waals surface area contributed by atoms with Crippen LogP contribution < -0.4 is 11.1 Å². The zero-order valence-corrected chi connectivity index (χ0v) is 12.2. The number of nitrogens with two attached hydrogens (primary N) is 1. The van der Waals surface area contributed by atoms with Crippen molar-refractivity contribution in [1.82, 2.24) is 4.98 Å². The lowest BCUT2D eigenvalue weighted by Crippen LogP contribution is -2.10. The summed E-state index contributed by atoms with van der Waals surface area (Å²) in [4.78, 5) is 4.13. The first kappa shape index (κ1) is 14.4. The lowest BCUT2D eigenvalue weighted by molar-refractivity contribution is 0.876. The molecular weight excluding hydrogens is 295 g/mol. The Morgan fingerprint density at radius 1 is 1.35 bits per heavy atom. The summed E-state index contributed by atoms with van der Waals surface area (Å²) >= 11 is 12.0. The van der Waals surface area contributed by atoms with Gasteiger partial charge in [0.15, 0.2) is 0 Å². The minimum Gasteiger partial charge on any atom is -0.396 e. The molecular formula is C14H12Cl2N4. The summed E-state index contributed by atoms with van der Waals surface area (Å²) in [5.41, 5.74) is 7.58. The average Bonchev–Trinajstić information content (AvgIpc) is 2.40. The molecule has 1 aromatic carbocycles. The van der Waals surface area contributed by atoms with Gasteiger partial charge in [0.25, 0.3) is 0 Å². The van der Waals surface area contributed by atoms with Gasteiger partial charge in [-0.25, -0.2) is 4.98 Å². The van der Waals surface area contributed by atoms with E-state index >= 15 is 0 Å². The van der Waals surface area contributed by atoms with E-state index < -0.39 is 0 Å². The normalized spacial score (nSPS) is 11.7. The van der Waals surface area contributed by atoms with Crippen LogP contribution in [-0.4, -0.2) is 4.98 Å². The number of nitrogens with one attached hydrogen (secondary N) is 1. The second-order valence-corrected chi connectivity index (χ2v) is 5.15. The standard InChI is InChI=1S/C14H12Cl2N4/c1-8(11-3-2-10(15)5-12(11)16)20-14-13(18)4-9(6-17)7-19-14/h2-5,7-8H,18H2,1H3,(H,19,20). The minimum absolute atomic E-state index is 0.0949. The van der Waals surface area contributed by atoms with Crippen LogP contribution in [0.2, 0.25) is 10.0 Å². The Hall–Kier alpha value is -1.96. The Labute approximate surface area is 127 Å². The van der Waals surface area contributed by atoms with Crippen molar-refractivity contribution in [3.63, 3.8) is 0 Å². The second-order valence-electron chi connectivity index (χ2n) is 4.31. The van der Waals surface area contributed by atoms with Gasteiger partial charge in [-0.15, -0.1) is 0 Å². The first-order valence-corrected chi connectivity index (χ1v) is 6.64. The van der Waals surface area contributed by atoms with Crippen LogP contribution in [0.15, 0.2) is 30.5 Å².